The van der Waals surface area contributed by atoms with Crippen LogP contribution in [-0.4, -0.2) is 40.8 Å². The van der Waals surface area contributed by atoms with Gasteiger partial charge in [-0.1, -0.05) is 0 Å². The number of hydrogen-bond donors (Lipinski definition) is 1. The van der Waals surface area contributed by atoms with E-state index in [-0.39, 0.29) is 5.91 Å². The van der Waals surface area contributed by atoms with Gasteiger partial charge in [0.25, 0.3) is 5.91 Å². The number of hydrogen-bond acceptors (Lipinski definition) is 4. The molecule has 0 aliphatic heterocycles. The van der Waals surface area contributed by atoms with E-state index < -0.39 is 16.1 Å². The Kier molecular flexibility index (Phi) is 4.77. The highest BCUT2D eigenvalue weighted by Crippen LogP contribution is 2.20. The fourth-order valence-electron chi connectivity index (χ4n) is 1.39. The standard InChI is InChI=1S/C12H18N2O4S/c1-9(12(15)13-2)18-11-7-5-10(6-8-11)14(3)19(4,16)17/h5-9H,1-4H3,(H,13,15)/t9-/m0/s1. The molecular formula is C12H18N2O4S. The summed E-state index contributed by atoms with van der Waals surface area (Å²) in [5.74, 6) is 0.277. The molecule has 1 aromatic rings. The van der Waals surface area contributed by atoms with Crippen LogP contribution in [0.3, 0.4) is 0 Å². The van der Waals surface area contributed by atoms with Crippen molar-refractivity contribution in [1.82, 2.24) is 5.32 Å². The highest BCUT2D eigenvalue weighted by molar-refractivity contribution is 7.92. The van der Waals surface area contributed by atoms with E-state index in [1.807, 2.05) is 0 Å². The average Bonchev–Trinajstić information content (AvgIpc) is 2.36. The second kappa shape index (κ2) is 5.92. The Balaban J connectivity index is 2.80. The predicted octanol–water partition coefficient (Wildman–Crippen LogP) is 0.596. The maximum absolute atomic E-state index is 11.4. The summed E-state index contributed by atoms with van der Waals surface area (Å²) in [5, 5.41) is 2.48. The molecule has 0 aliphatic rings. The minimum atomic E-state index is -3.28. The summed E-state index contributed by atoms with van der Waals surface area (Å²) < 4.78 is 29.3. The van der Waals surface area contributed by atoms with Gasteiger partial charge in [0, 0.05) is 14.1 Å². The summed E-state index contributed by atoms with van der Waals surface area (Å²) in [6, 6.07) is 6.48. The van der Waals surface area contributed by atoms with Crippen LogP contribution in [0.25, 0.3) is 0 Å². The molecule has 7 heteroatoms. The van der Waals surface area contributed by atoms with E-state index in [1.54, 1.807) is 31.2 Å². The Bertz CT molecular complexity index is 539. The lowest BCUT2D eigenvalue weighted by atomic mass is 10.3. The van der Waals surface area contributed by atoms with Gasteiger partial charge in [0.1, 0.15) is 5.75 Å². The number of likely N-dealkylation sites (N-methyl/N-ethyl adjacent to an activating group) is 1. The molecule has 0 unspecified atom stereocenters. The number of benzene rings is 1. The maximum atomic E-state index is 11.4. The van der Waals surface area contributed by atoms with Gasteiger partial charge >= 0.3 is 0 Å². The third-order valence-electron chi connectivity index (χ3n) is 2.63. The lowest BCUT2D eigenvalue weighted by Gasteiger charge is -2.18. The summed E-state index contributed by atoms with van der Waals surface area (Å²) in [6.07, 6.45) is 0.522. The molecule has 0 bridgehead atoms. The maximum Gasteiger partial charge on any atom is 0.260 e. The molecule has 106 valence electrons. The van der Waals surface area contributed by atoms with Crippen LogP contribution >= 0.6 is 0 Å². The van der Waals surface area contributed by atoms with Gasteiger partial charge < -0.3 is 10.1 Å². The van der Waals surface area contributed by atoms with Crippen LogP contribution in [-0.2, 0) is 14.8 Å². The summed E-state index contributed by atoms with van der Waals surface area (Å²) >= 11 is 0. The van der Waals surface area contributed by atoms with Crippen LogP contribution in [0, 0.1) is 0 Å². The minimum Gasteiger partial charge on any atom is -0.481 e. The van der Waals surface area contributed by atoms with E-state index in [1.165, 1.54) is 18.4 Å². The first-order valence-corrected chi connectivity index (χ1v) is 7.52. The molecule has 1 amide bonds. The smallest absolute Gasteiger partial charge is 0.260 e. The van der Waals surface area contributed by atoms with Gasteiger partial charge in [0.2, 0.25) is 10.0 Å². The van der Waals surface area contributed by atoms with E-state index in [4.69, 9.17) is 4.74 Å². The molecule has 0 fully saturated rings. The summed E-state index contributed by atoms with van der Waals surface area (Å²) in [6.45, 7) is 1.63. The first-order valence-electron chi connectivity index (χ1n) is 5.68. The lowest BCUT2D eigenvalue weighted by molar-refractivity contribution is -0.126. The highest BCUT2D eigenvalue weighted by atomic mass is 32.2. The number of nitrogens with zero attached hydrogens (tertiary/aromatic N) is 1. The predicted molar refractivity (Wildman–Crippen MR) is 73.8 cm³/mol. The zero-order valence-corrected chi connectivity index (χ0v) is 12.2. The number of carbonyl (C=O) groups excluding carboxylic acids is 1. The number of rotatable bonds is 5. The minimum absolute atomic E-state index is 0.225. The van der Waals surface area contributed by atoms with Gasteiger partial charge in [-0.3, -0.25) is 9.10 Å². The zero-order valence-electron chi connectivity index (χ0n) is 11.4. The van der Waals surface area contributed by atoms with Gasteiger partial charge in [-0.05, 0) is 31.2 Å². The summed E-state index contributed by atoms with van der Waals surface area (Å²) in [7, 11) is -0.276. The Morgan fingerprint density at radius 1 is 1.32 bits per heavy atom. The van der Waals surface area contributed by atoms with Crippen molar-refractivity contribution in [3.8, 4) is 5.75 Å². The number of anilines is 1. The number of ether oxygens (including phenoxy) is 1. The largest absolute Gasteiger partial charge is 0.481 e. The summed E-state index contributed by atoms with van der Waals surface area (Å²) in [5.41, 5.74) is 0.530. The molecule has 1 N–H and O–H groups in total. The summed E-state index contributed by atoms with van der Waals surface area (Å²) in [4.78, 5) is 11.3. The van der Waals surface area contributed by atoms with Crippen molar-refractivity contribution in [2.75, 3.05) is 24.7 Å². The van der Waals surface area contributed by atoms with Gasteiger partial charge in [0.05, 0.1) is 11.9 Å². The topological polar surface area (TPSA) is 75.7 Å². The monoisotopic (exact) mass is 286 g/mol. The Hall–Kier alpha value is -1.76. The number of sulfonamides is 1. The Morgan fingerprint density at radius 2 is 1.84 bits per heavy atom. The van der Waals surface area contributed by atoms with E-state index in [0.717, 1.165) is 6.26 Å². The van der Waals surface area contributed by atoms with Crippen LogP contribution in [0.4, 0.5) is 5.69 Å². The second-order valence-corrected chi connectivity index (χ2v) is 6.11. The molecule has 0 heterocycles. The van der Waals surface area contributed by atoms with Gasteiger partial charge in [0.15, 0.2) is 6.10 Å². The molecule has 19 heavy (non-hydrogen) atoms. The first-order chi connectivity index (χ1) is 8.75. The van der Waals surface area contributed by atoms with E-state index >= 15 is 0 Å². The molecule has 1 atom stereocenters. The zero-order chi connectivity index (χ0) is 14.6. The van der Waals surface area contributed by atoms with E-state index in [0.29, 0.717) is 11.4 Å². The quantitative estimate of drug-likeness (QED) is 0.860. The number of nitrogens with one attached hydrogen (secondary N) is 1. The fourth-order valence-corrected chi connectivity index (χ4v) is 1.89. The third-order valence-corrected chi connectivity index (χ3v) is 3.83. The van der Waals surface area contributed by atoms with Crippen LogP contribution in [0.1, 0.15) is 6.92 Å². The molecule has 0 aromatic heterocycles. The Labute approximate surface area is 113 Å². The van der Waals surface area contributed by atoms with Crippen LogP contribution < -0.4 is 14.4 Å². The Morgan fingerprint density at radius 3 is 2.26 bits per heavy atom. The molecule has 0 spiro atoms. The third kappa shape index (κ3) is 4.13. The average molecular weight is 286 g/mol. The first kappa shape index (κ1) is 15.3. The number of amides is 1. The molecular weight excluding hydrogens is 268 g/mol. The van der Waals surface area contributed by atoms with Crippen LogP contribution in [0.5, 0.6) is 5.75 Å². The van der Waals surface area contributed by atoms with Crippen LogP contribution in [0.2, 0.25) is 0 Å². The lowest BCUT2D eigenvalue weighted by Crippen LogP contribution is -2.33. The molecule has 0 radical (unpaired) electrons. The van der Waals surface area contributed by atoms with E-state index in [9.17, 15) is 13.2 Å². The molecule has 1 rings (SSSR count). The molecule has 6 nitrogen and oxygen atoms in total. The van der Waals surface area contributed by atoms with Crippen molar-refractivity contribution in [2.45, 2.75) is 13.0 Å². The normalized spacial score (nSPS) is 12.6. The molecule has 0 saturated heterocycles. The van der Waals surface area contributed by atoms with Gasteiger partial charge in [-0.15, -0.1) is 0 Å². The highest BCUT2D eigenvalue weighted by Gasteiger charge is 2.14. The second-order valence-electron chi connectivity index (χ2n) is 4.10. The van der Waals surface area contributed by atoms with Crippen molar-refractivity contribution in [3.63, 3.8) is 0 Å². The van der Waals surface area contributed by atoms with Crippen molar-refractivity contribution in [1.29, 1.82) is 0 Å². The van der Waals surface area contributed by atoms with Crippen molar-refractivity contribution >= 4 is 21.6 Å². The SMILES string of the molecule is CNC(=O)[C@H](C)Oc1ccc(N(C)S(C)(=O)=O)cc1. The molecule has 0 aliphatic carbocycles. The molecule has 1 aromatic carbocycles. The van der Waals surface area contributed by atoms with Crippen molar-refractivity contribution < 1.29 is 17.9 Å². The number of carbonyl (C=O) groups is 1. The van der Waals surface area contributed by atoms with Crippen molar-refractivity contribution in [3.05, 3.63) is 24.3 Å². The van der Waals surface area contributed by atoms with Crippen molar-refractivity contribution in [2.24, 2.45) is 0 Å². The van der Waals surface area contributed by atoms with Gasteiger partial charge in [-0.25, -0.2) is 8.42 Å². The van der Waals surface area contributed by atoms with Gasteiger partial charge in [-0.2, -0.15) is 0 Å². The molecule has 0 saturated carbocycles. The fraction of sp³-hybridized carbons (Fsp3) is 0.417. The van der Waals surface area contributed by atoms with E-state index in [2.05, 4.69) is 5.32 Å². The van der Waals surface area contributed by atoms with Crippen LogP contribution in [0.15, 0.2) is 24.3 Å².